The highest BCUT2D eigenvalue weighted by Gasteiger charge is 2.28. The van der Waals surface area contributed by atoms with Gasteiger partial charge in [-0.05, 0) is 50.0 Å². The van der Waals surface area contributed by atoms with Crippen LogP contribution in [-0.2, 0) is 6.42 Å². The molecule has 0 spiro atoms. The standard InChI is InChI=1S/C16H27N3O/c1-19(2)15-6-4-14(5-7-15)8-11-18-13-16(20)9-3-10-17-12-16/h4-7,17-18,20H,3,8-13H2,1-2H3. The van der Waals surface area contributed by atoms with Crippen molar-refractivity contribution in [2.75, 3.05) is 45.2 Å². The van der Waals surface area contributed by atoms with E-state index >= 15 is 0 Å². The molecule has 4 nitrogen and oxygen atoms in total. The maximum absolute atomic E-state index is 10.3. The second kappa shape index (κ2) is 7.07. The van der Waals surface area contributed by atoms with E-state index in [2.05, 4.69) is 53.9 Å². The van der Waals surface area contributed by atoms with E-state index in [1.165, 1.54) is 11.3 Å². The van der Waals surface area contributed by atoms with Gasteiger partial charge in [0.05, 0.1) is 5.60 Å². The monoisotopic (exact) mass is 277 g/mol. The molecule has 112 valence electrons. The van der Waals surface area contributed by atoms with Gasteiger partial charge in [-0.3, -0.25) is 0 Å². The topological polar surface area (TPSA) is 47.5 Å². The molecule has 1 heterocycles. The molecular weight excluding hydrogens is 250 g/mol. The number of hydrogen-bond acceptors (Lipinski definition) is 4. The molecule has 1 atom stereocenters. The van der Waals surface area contributed by atoms with Crippen molar-refractivity contribution >= 4 is 5.69 Å². The number of nitrogens with zero attached hydrogens (tertiary/aromatic N) is 1. The lowest BCUT2D eigenvalue weighted by Gasteiger charge is -2.32. The zero-order valence-electron chi connectivity index (χ0n) is 12.7. The minimum absolute atomic E-state index is 0.562. The van der Waals surface area contributed by atoms with Crippen LogP contribution in [0, 0.1) is 0 Å². The van der Waals surface area contributed by atoms with E-state index in [9.17, 15) is 5.11 Å². The number of aliphatic hydroxyl groups is 1. The van der Waals surface area contributed by atoms with Gasteiger partial charge in [0.1, 0.15) is 0 Å². The fourth-order valence-electron chi connectivity index (χ4n) is 2.62. The van der Waals surface area contributed by atoms with Crippen LogP contribution in [-0.4, -0.2) is 51.0 Å². The van der Waals surface area contributed by atoms with Gasteiger partial charge in [0.2, 0.25) is 0 Å². The molecule has 20 heavy (non-hydrogen) atoms. The second-order valence-corrected chi connectivity index (χ2v) is 5.99. The summed E-state index contributed by atoms with van der Waals surface area (Å²) in [5.74, 6) is 0. The summed E-state index contributed by atoms with van der Waals surface area (Å²) in [6.07, 6.45) is 2.95. The highest BCUT2D eigenvalue weighted by molar-refractivity contribution is 5.46. The molecule has 1 aromatic carbocycles. The van der Waals surface area contributed by atoms with E-state index in [4.69, 9.17) is 0 Å². The van der Waals surface area contributed by atoms with Gasteiger partial charge in [-0.1, -0.05) is 12.1 Å². The van der Waals surface area contributed by atoms with Crippen molar-refractivity contribution in [1.29, 1.82) is 0 Å². The van der Waals surface area contributed by atoms with Crippen LogP contribution >= 0.6 is 0 Å². The van der Waals surface area contributed by atoms with Crippen molar-refractivity contribution < 1.29 is 5.11 Å². The Morgan fingerprint density at radius 1 is 1.30 bits per heavy atom. The molecule has 1 unspecified atom stereocenters. The first-order chi connectivity index (χ1) is 9.59. The summed E-state index contributed by atoms with van der Waals surface area (Å²) in [5, 5.41) is 17.0. The summed E-state index contributed by atoms with van der Waals surface area (Å²) in [4.78, 5) is 2.10. The first-order valence-electron chi connectivity index (χ1n) is 7.49. The molecule has 0 aromatic heterocycles. The maximum Gasteiger partial charge on any atom is 0.0895 e. The molecule has 2 rings (SSSR count). The van der Waals surface area contributed by atoms with Crippen molar-refractivity contribution in [2.45, 2.75) is 24.9 Å². The van der Waals surface area contributed by atoms with Crippen LogP contribution in [0.2, 0.25) is 0 Å². The van der Waals surface area contributed by atoms with Crippen LogP contribution in [0.5, 0.6) is 0 Å². The fourth-order valence-corrected chi connectivity index (χ4v) is 2.62. The number of piperidine rings is 1. The third-order valence-electron chi connectivity index (χ3n) is 3.95. The van der Waals surface area contributed by atoms with E-state index in [0.717, 1.165) is 32.4 Å². The molecule has 1 aromatic rings. The minimum Gasteiger partial charge on any atom is -0.387 e. The molecule has 1 aliphatic heterocycles. The Kier molecular flexibility index (Phi) is 5.40. The molecule has 0 bridgehead atoms. The lowest BCUT2D eigenvalue weighted by Crippen LogP contribution is -2.52. The molecule has 1 aliphatic rings. The summed E-state index contributed by atoms with van der Waals surface area (Å²) in [5.41, 5.74) is 1.99. The molecular formula is C16H27N3O. The average molecular weight is 277 g/mol. The van der Waals surface area contributed by atoms with Gasteiger partial charge in [0.15, 0.2) is 0 Å². The number of nitrogens with one attached hydrogen (secondary N) is 2. The first kappa shape index (κ1) is 15.3. The van der Waals surface area contributed by atoms with Gasteiger partial charge in [-0.25, -0.2) is 0 Å². The van der Waals surface area contributed by atoms with Gasteiger partial charge < -0.3 is 20.6 Å². The number of β-amino-alcohol motifs (C(OH)–C–C–N with tert-alkyl or cyclic N) is 1. The minimum atomic E-state index is -0.562. The van der Waals surface area contributed by atoms with Gasteiger partial charge >= 0.3 is 0 Å². The van der Waals surface area contributed by atoms with Crippen molar-refractivity contribution in [1.82, 2.24) is 10.6 Å². The predicted molar refractivity (Wildman–Crippen MR) is 84.4 cm³/mol. The molecule has 0 saturated carbocycles. The maximum atomic E-state index is 10.3. The Morgan fingerprint density at radius 2 is 2.05 bits per heavy atom. The van der Waals surface area contributed by atoms with Crippen molar-refractivity contribution in [3.05, 3.63) is 29.8 Å². The lowest BCUT2D eigenvalue weighted by atomic mass is 9.94. The van der Waals surface area contributed by atoms with E-state index in [1.54, 1.807) is 0 Å². The van der Waals surface area contributed by atoms with Crippen LogP contribution in [0.4, 0.5) is 5.69 Å². The van der Waals surface area contributed by atoms with Gasteiger partial charge in [-0.15, -0.1) is 0 Å². The Balaban J connectivity index is 1.70. The summed E-state index contributed by atoms with van der Waals surface area (Å²) in [6, 6.07) is 8.64. The number of hydrogen-bond donors (Lipinski definition) is 3. The summed E-state index contributed by atoms with van der Waals surface area (Å²) in [6.45, 7) is 3.32. The largest absolute Gasteiger partial charge is 0.387 e. The Hall–Kier alpha value is -1.10. The fraction of sp³-hybridized carbons (Fsp3) is 0.625. The smallest absolute Gasteiger partial charge is 0.0895 e. The zero-order valence-corrected chi connectivity index (χ0v) is 12.7. The van der Waals surface area contributed by atoms with Crippen LogP contribution < -0.4 is 15.5 Å². The molecule has 3 N–H and O–H groups in total. The average Bonchev–Trinajstić information content (AvgIpc) is 2.45. The second-order valence-electron chi connectivity index (χ2n) is 5.99. The van der Waals surface area contributed by atoms with E-state index < -0.39 is 5.60 Å². The quantitative estimate of drug-likeness (QED) is 0.679. The van der Waals surface area contributed by atoms with Gasteiger partial charge in [0, 0.05) is 32.9 Å². The van der Waals surface area contributed by atoms with E-state index in [-0.39, 0.29) is 0 Å². The number of benzene rings is 1. The van der Waals surface area contributed by atoms with Gasteiger partial charge in [-0.2, -0.15) is 0 Å². The first-order valence-corrected chi connectivity index (χ1v) is 7.49. The Bertz CT molecular complexity index is 397. The third-order valence-corrected chi connectivity index (χ3v) is 3.95. The molecule has 1 fully saturated rings. The van der Waals surface area contributed by atoms with Crippen LogP contribution in [0.15, 0.2) is 24.3 Å². The lowest BCUT2D eigenvalue weighted by molar-refractivity contribution is 0.0174. The number of anilines is 1. The zero-order chi connectivity index (χ0) is 14.4. The van der Waals surface area contributed by atoms with E-state index in [1.807, 2.05) is 0 Å². The summed E-state index contributed by atoms with van der Waals surface area (Å²) in [7, 11) is 4.10. The van der Waals surface area contributed by atoms with Crippen LogP contribution in [0.25, 0.3) is 0 Å². The Morgan fingerprint density at radius 3 is 2.65 bits per heavy atom. The SMILES string of the molecule is CN(C)c1ccc(CCNCC2(O)CCCNC2)cc1. The highest BCUT2D eigenvalue weighted by atomic mass is 16.3. The van der Waals surface area contributed by atoms with Crippen LogP contribution in [0.3, 0.4) is 0 Å². The predicted octanol–water partition coefficient (Wildman–Crippen LogP) is 0.999. The van der Waals surface area contributed by atoms with Crippen molar-refractivity contribution in [2.24, 2.45) is 0 Å². The number of rotatable bonds is 6. The van der Waals surface area contributed by atoms with Crippen molar-refractivity contribution in [3.8, 4) is 0 Å². The molecule has 4 heteroatoms. The summed E-state index contributed by atoms with van der Waals surface area (Å²) >= 11 is 0. The third kappa shape index (κ3) is 4.47. The highest BCUT2D eigenvalue weighted by Crippen LogP contribution is 2.15. The normalized spacial score (nSPS) is 22.8. The summed E-state index contributed by atoms with van der Waals surface area (Å²) < 4.78 is 0. The van der Waals surface area contributed by atoms with Crippen molar-refractivity contribution in [3.63, 3.8) is 0 Å². The Labute approximate surface area is 122 Å². The molecule has 0 aliphatic carbocycles. The molecule has 1 saturated heterocycles. The van der Waals surface area contributed by atoms with E-state index in [0.29, 0.717) is 13.1 Å². The van der Waals surface area contributed by atoms with Gasteiger partial charge in [0.25, 0.3) is 0 Å². The van der Waals surface area contributed by atoms with Crippen LogP contribution in [0.1, 0.15) is 18.4 Å². The molecule has 0 amide bonds. The molecule has 0 radical (unpaired) electrons.